The molecule has 1 N–H and O–H groups in total. The minimum absolute atomic E-state index is 0.0687. The zero-order valence-electron chi connectivity index (χ0n) is 14.1. The Bertz CT molecular complexity index is 456. The topological polar surface area (TPSA) is 55.4 Å². The number of Topliss-reactive ketones (excluding diaryl/α,β-unsaturated/α-hetero) is 2. The molecule has 1 aliphatic rings. The van der Waals surface area contributed by atoms with Gasteiger partial charge in [-0.1, -0.05) is 32.4 Å². The molecule has 130 valence electrons. The number of nitrogens with one attached hydrogen (secondary N) is 1. The van der Waals surface area contributed by atoms with Crippen LogP contribution in [0.3, 0.4) is 0 Å². The van der Waals surface area contributed by atoms with Crippen molar-refractivity contribution in [3.8, 4) is 0 Å². The van der Waals surface area contributed by atoms with E-state index in [9.17, 15) is 9.59 Å². The van der Waals surface area contributed by atoms with Crippen LogP contribution < -0.4 is 5.48 Å². The lowest BCUT2D eigenvalue weighted by Crippen LogP contribution is -2.31. The highest BCUT2D eigenvalue weighted by molar-refractivity contribution is 7.99. The summed E-state index contributed by atoms with van der Waals surface area (Å²) in [4.78, 5) is 30.1. The Balaban J connectivity index is 2.72. The predicted octanol–water partition coefficient (Wildman–Crippen LogP) is 4.00. The van der Waals surface area contributed by atoms with Crippen molar-refractivity contribution < 1.29 is 14.4 Å². The van der Waals surface area contributed by atoms with Crippen LogP contribution in [0.5, 0.6) is 0 Å². The summed E-state index contributed by atoms with van der Waals surface area (Å²) in [5.41, 5.74) is 4.95. The van der Waals surface area contributed by atoms with Crippen molar-refractivity contribution in [2.24, 2.45) is 5.92 Å². The lowest BCUT2D eigenvalue weighted by molar-refractivity contribution is -0.125. The van der Waals surface area contributed by atoms with Crippen LogP contribution in [0, 0.1) is 5.92 Å². The van der Waals surface area contributed by atoms with Gasteiger partial charge in [-0.25, -0.2) is 0 Å². The molecule has 1 saturated carbocycles. The van der Waals surface area contributed by atoms with Crippen LogP contribution in [0.2, 0.25) is 0 Å². The first-order valence-corrected chi connectivity index (χ1v) is 9.56. The van der Waals surface area contributed by atoms with Gasteiger partial charge in [0.25, 0.3) is 0 Å². The number of hydrogen-bond donors (Lipinski definition) is 1. The minimum Gasteiger partial charge on any atom is -0.294 e. The molecule has 23 heavy (non-hydrogen) atoms. The van der Waals surface area contributed by atoms with Gasteiger partial charge >= 0.3 is 0 Å². The molecule has 6 heteroatoms. The van der Waals surface area contributed by atoms with Crippen molar-refractivity contribution in [1.29, 1.82) is 0 Å². The number of thioether (sulfide) groups is 1. The monoisotopic (exact) mass is 359 g/mol. The highest BCUT2D eigenvalue weighted by atomic mass is 35.5. The molecule has 0 saturated heterocycles. The number of halogens is 1. The molecule has 0 bridgehead atoms. The Morgan fingerprint density at radius 2 is 2.04 bits per heavy atom. The van der Waals surface area contributed by atoms with E-state index in [0.717, 1.165) is 12.2 Å². The van der Waals surface area contributed by atoms with Crippen LogP contribution in [-0.4, -0.2) is 29.2 Å². The Morgan fingerprint density at radius 3 is 2.57 bits per heavy atom. The largest absolute Gasteiger partial charge is 0.294 e. The van der Waals surface area contributed by atoms with Crippen molar-refractivity contribution >= 4 is 34.9 Å². The molecule has 0 heterocycles. The highest BCUT2D eigenvalue weighted by Gasteiger charge is 2.33. The second-order valence-corrected chi connectivity index (χ2v) is 7.57. The summed E-state index contributed by atoms with van der Waals surface area (Å²) in [5.74, 6) is 1.08. The normalized spacial score (nSPS) is 20.2. The van der Waals surface area contributed by atoms with Gasteiger partial charge in [0, 0.05) is 23.6 Å². The van der Waals surface area contributed by atoms with Gasteiger partial charge in [-0.05, 0) is 30.6 Å². The zero-order chi connectivity index (χ0) is 17.2. The van der Waals surface area contributed by atoms with E-state index < -0.39 is 0 Å². The minimum atomic E-state index is -0.0687. The summed E-state index contributed by atoms with van der Waals surface area (Å²) < 4.78 is 0. The van der Waals surface area contributed by atoms with Gasteiger partial charge in [0.1, 0.15) is 0 Å². The maximum absolute atomic E-state index is 12.4. The second kappa shape index (κ2) is 10.9. The molecule has 4 nitrogen and oxygen atoms in total. The van der Waals surface area contributed by atoms with Crippen LogP contribution in [0.15, 0.2) is 22.9 Å². The molecular formula is C17H26ClNO3S. The van der Waals surface area contributed by atoms with Crippen molar-refractivity contribution in [3.63, 3.8) is 0 Å². The number of hydroxylamine groups is 1. The Hall–Kier alpha value is -0.780. The Kier molecular flexibility index (Phi) is 9.60. The predicted molar refractivity (Wildman–Crippen MR) is 96.3 cm³/mol. The molecule has 0 amide bonds. The summed E-state index contributed by atoms with van der Waals surface area (Å²) in [6.07, 6.45) is 3.98. The summed E-state index contributed by atoms with van der Waals surface area (Å²) in [6, 6.07) is 0. The molecule has 1 fully saturated rings. The van der Waals surface area contributed by atoms with Gasteiger partial charge in [-0.2, -0.15) is 11.8 Å². The van der Waals surface area contributed by atoms with E-state index in [1.165, 1.54) is 5.54 Å². The van der Waals surface area contributed by atoms with Crippen LogP contribution >= 0.6 is 23.4 Å². The number of rotatable bonds is 9. The van der Waals surface area contributed by atoms with E-state index in [2.05, 4.69) is 19.3 Å². The van der Waals surface area contributed by atoms with Gasteiger partial charge in [-0.3, -0.25) is 19.9 Å². The third kappa shape index (κ3) is 6.69. The van der Waals surface area contributed by atoms with E-state index in [1.807, 2.05) is 18.7 Å². The fourth-order valence-electron chi connectivity index (χ4n) is 2.79. The molecule has 0 aromatic heterocycles. The summed E-state index contributed by atoms with van der Waals surface area (Å²) >= 11 is 7.29. The fraction of sp³-hybridized carbons (Fsp3) is 0.647. The van der Waals surface area contributed by atoms with Crippen LogP contribution in [-0.2, 0) is 14.4 Å². The summed E-state index contributed by atoms with van der Waals surface area (Å²) in [6.45, 7) is 6.45. The Labute approximate surface area is 148 Å². The SMILES string of the molecule is CCSC(C)CC1CC(=O)C(=C(CC)NOC/C=C/Cl)C(=O)C1. The van der Waals surface area contributed by atoms with Crippen molar-refractivity contribution in [1.82, 2.24) is 5.48 Å². The average molecular weight is 360 g/mol. The van der Waals surface area contributed by atoms with Gasteiger partial charge in [0.15, 0.2) is 11.6 Å². The van der Waals surface area contributed by atoms with Crippen molar-refractivity contribution in [3.05, 3.63) is 22.9 Å². The van der Waals surface area contributed by atoms with Gasteiger partial charge in [-0.15, -0.1) is 0 Å². The third-order valence-electron chi connectivity index (χ3n) is 3.74. The number of carbonyl (C=O) groups excluding carboxylic acids is 2. The molecule has 0 spiro atoms. The molecule has 0 aliphatic heterocycles. The summed E-state index contributed by atoms with van der Waals surface area (Å²) in [7, 11) is 0. The lowest BCUT2D eigenvalue weighted by Gasteiger charge is -2.26. The highest BCUT2D eigenvalue weighted by Crippen LogP contribution is 2.31. The lowest BCUT2D eigenvalue weighted by atomic mass is 9.80. The third-order valence-corrected chi connectivity index (χ3v) is 5.01. The van der Waals surface area contributed by atoms with Crippen LogP contribution in [0.4, 0.5) is 0 Å². The molecule has 0 radical (unpaired) electrons. The Morgan fingerprint density at radius 1 is 1.39 bits per heavy atom. The van der Waals surface area contributed by atoms with E-state index in [1.54, 1.807) is 6.08 Å². The number of hydrogen-bond acceptors (Lipinski definition) is 5. The van der Waals surface area contributed by atoms with E-state index in [4.69, 9.17) is 16.4 Å². The first-order chi connectivity index (χ1) is 11.0. The number of ketones is 2. The first kappa shape index (κ1) is 20.3. The molecule has 1 aliphatic carbocycles. The van der Waals surface area contributed by atoms with Crippen LogP contribution in [0.1, 0.15) is 46.5 Å². The van der Waals surface area contributed by atoms with E-state index in [-0.39, 0.29) is 29.7 Å². The van der Waals surface area contributed by atoms with E-state index in [0.29, 0.717) is 30.2 Å². The fourth-order valence-corrected chi connectivity index (χ4v) is 3.84. The van der Waals surface area contributed by atoms with Crippen molar-refractivity contribution in [2.45, 2.75) is 51.7 Å². The van der Waals surface area contributed by atoms with Gasteiger partial charge < -0.3 is 0 Å². The molecule has 1 atom stereocenters. The van der Waals surface area contributed by atoms with Gasteiger partial charge in [0.05, 0.1) is 17.9 Å². The quantitative estimate of drug-likeness (QED) is 0.292. The van der Waals surface area contributed by atoms with E-state index >= 15 is 0 Å². The maximum Gasteiger partial charge on any atom is 0.168 e. The smallest absolute Gasteiger partial charge is 0.168 e. The second-order valence-electron chi connectivity index (χ2n) is 5.60. The summed E-state index contributed by atoms with van der Waals surface area (Å²) in [5, 5.41) is 0.477. The zero-order valence-corrected chi connectivity index (χ0v) is 15.6. The average Bonchev–Trinajstić information content (AvgIpc) is 2.49. The standard InChI is InChI=1S/C17H26ClNO3S/c1-4-14(19-22-8-6-7-18)17-15(20)10-13(11-16(17)21)9-12(3)23-5-2/h6-7,12-13,19H,4-5,8-11H2,1-3H3/b7-6+,17-14?. The van der Waals surface area contributed by atoms with Crippen molar-refractivity contribution in [2.75, 3.05) is 12.4 Å². The van der Waals surface area contributed by atoms with Crippen LogP contribution in [0.25, 0.3) is 0 Å². The number of allylic oxidation sites excluding steroid dienone is 2. The van der Waals surface area contributed by atoms with Gasteiger partial charge in [0.2, 0.25) is 0 Å². The molecule has 1 unspecified atom stereocenters. The number of carbonyl (C=O) groups is 2. The molecular weight excluding hydrogens is 334 g/mol. The molecule has 0 aromatic carbocycles. The molecule has 1 rings (SSSR count). The molecule has 0 aromatic rings. The maximum atomic E-state index is 12.4. The first-order valence-electron chi connectivity index (χ1n) is 8.07.